The molecule has 2 rings (SSSR count). The highest BCUT2D eigenvalue weighted by molar-refractivity contribution is 9.11. The largest absolute Gasteiger partial charge is 0.379 e. The molecule has 0 amide bonds. The minimum atomic E-state index is -0.586. The smallest absolute Gasteiger partial charge is 0.145 e. The van der Waals surface area contributed by atoms with Crippen LogP contribution in [0.5, 0.6) is 0 Å². The van der Waals surface area contributed by atoms with Crippen LogP contribution in [0.15, 0.2) is 37.7 Å². The summed E-state index contributed by atoms with van der Waals surface area (Å²) in [7, 11) is 0. The summed E-state index contributed by atoms with van der Waals surface area (Å²) in [5, 5.41) is 3.04. The van der Waals surface area contributed by atoms with Crippen molar-refractivity contribution in [2.75, 3.05) is 5.32 Å². The number of nitrogens with one attached hydrogen (secondary N) is 1. The SMILES string of the molecule is Cc1cc(Br)c(NCc2c(F)ccc(Br)c2F)c(Br)c1. The zero-order chi connectivity index (χ0) is 14.9. The predicted molar refractivity (Wildman–Crippen MR) is 88.0 cm³/mol. The van der Waals surface area contributed by atoms with Crippen molar-refractivity contribution in [1.29, 1.82) is 0 Å². The molecule has 0 fully saturated rings. The predicted octanol–water partition coefficient (Wildman–Crippen LogP) is 6.17. The zero-order valence-corrected chi connectivity index (χ0v) is 15.2. The Bertz CT molecular complexity index is 636. The molecule has 0 heterocycles. The van der Waals surface area contributed by atoms with Crippen molar-refractivity contribution in [3.8, 4) is 0 Å². The Kier molecular flexibility index (Phi) is 5.20. The molecular formula is C14H10Br3F2N. The maximum atomic E-state index is 13.9. The van der Waals surface area contributed by atoms with E-state index in [2.05, 4.69) is 53.1 Å². The lowest BCUT2D eigenvalue weighted by Crippen LogP contribution is -2.06. The summed E-state index contributed by atoms with van der Waals surface area (Å²) in [6.45, 7) is 2.02. The molecule has 0 aromatic heterocycles. The molecule has 2 aromatic carbocycles. The average molecular weight is 470 g/mol. The van der Waals surface area contributed by atoms with E-state index in [0.29, 0.717) is 0 Å². The molecule has 0 aliphatic rings. The molecule has 2 aromatic rings. The Balaban J connectivity index is 2.28. The van der Waals surface area contributed by atoms with Gasteiger partial charge in [0.1, 0.15) is 11.6 Å². The minimum absolute atomic E-state index is 0.00116. The first kappa shape index (κ1) is 15.9. The van der Waals surface area contributed by atoms with Crippen LogP contribution in [0.3, 0.4) is 0 Å². The van der Waals surface area contributed by atoms with Crippen molar-refractivity contribution in [1.82, 2.24) is 0 Å². The first-order valence-electron chi connectivity index (χ1n) is 5.72. The first-order chi connectivity index (χ1) is 9.40. The van der Waals surface area contributed by atoms with Crippen LogP contribution in [-0.2, 0) is 6.54 Å². The Morgan fingerprint density at radius 3 is 2.20 bits per heavy atom. The maximum absolute atomic E-state index is 13.9. The van der Waals surface area contributed by atoms with Crippen LogP contribution in [0.1, 0.15) is 11.1 Å². The second-order valence-electron chi connectivity index (χ2n) is 4.28. The van der Waals surface area contributed by atoms with Crippen molar-refractivity contribution in [3.63, 3.8) is 0 Å². The van der Waals surface area contributed by atoms with Crippen LogP contribution in [0.25, 0.3) is 0 Å². The zero-order valence-electron chi connectivity index (χ0n) is 10.4. The molecule has 0 unspecified atom stereocenters. The van der Waals surface area contributed by atoms with Crippen LogP contribution in [-0.4, -0.2) is 0 Å². The van der Waals surface area contributed by atoms with Gasteiger partial charge in [0, 0.05) is 21.1 Å². The highest BCUT2D eigenvalue weighted by atomic mass is 79.9. The van der Waals surface area contributed by atoms with Gasteiger partial charge < -0.3 is 5.32 Å². The molecule has 106 valence electrons. The summed E-state index contributed by atoms with van der Waals surface area (Å²) < 4.78 is 29.5. The molecule has 20 heavy (non-hydrogen) atoms. The van der Waals surface area contributed by atoms with Crippen molar-refractivity contribution < 1.29 is 8.78 Å². The monoisotopic (exact) mass is 467 g/mol. The molecule has 0 saturated heterocycles. The number of hydrogen-bond acceptors (Lipinski definition) is 1. The van der Waals surface area contributed by atoms with Crippen LogP contribution in [0, 0.1) is 18.6 Å². The highest BCUT2D eigenvalue weighted by Crippen LogP contribution is 2.33. The van der Waals surface area contributed by atoms with E-state index >= 15 is 0 Å². The lowest BCUT2D eigenvalue weighted by atomic mass is 10.2. The van der Waals surface area contributed by atoms with Gasteiger partial charge in [0.15, 0.2) is 0 Å². The van der Waals surface area contributed by atoms with Crippen molar-refractivity contribution in [2.45, 2.75) is 13.5 Å². The third-order valence-electron chi connectivity index (χ3n) is 2.77. The fraction of sp³-hybridized carbons (Fsp3) is 0.143. The van der Waals surface area contributed by atoms with Crippen LogP contribution in [0.2, 0.25) is 0 Å². The van der Waals surface area contributed by atoms with Crippen molar-refractivity contribution >= 4 is 53.5 Å². The lowest BCUT2D eigenvalue weighted by Gasteiger charge is -2.13. The summed E-state index contributed by atoms with van der Waals surface area (Å²) >= 11 is 9.92. The van der Waals surface area contributed by atoms with E-state index in [9.17, 15) is 8.78 Å². The lowest BCUT2D eigenvalue weighted by molar-refractivity contribution is 0.555. The van der Waals surface area contributed by atoms with Gasteiger partial charge in [-0.15, -0.1) is 0 Å². The van der Waals surface area contributed by atoms with E-state index in [1.165, 1.54) is 12.1 Å². The summed E-state index contributed by atoms with van der Waals surface area (Å²) in [6.07, 6.45) is 0. The summed E-state index contributed by atoms with van der Waals surface area (Å²) in [5.41, 5.74) is 1.84. The standard InChI is InChI=1S/C14H10Br3F2N/c1-7-4-10(16)14(11(17)5-7)20-6-8-12(18)3-2-9(15)13(8)19/h2-5,20H,6H2,1H3. The van der Waals surface area contributed by atoms with E-state index in [0.717, 1.165) is 20.2 Å². The number of benzene rings is 2. The minimum Gasteiger partial charge on any atom is -0.379 e. The summed E-state index contributed by atoms with van der Waals surface area (Å²) in [5.74, 6) is -1.16. The second-order valence-corrected chi connectivity index (χ2v) is 6.84. The van der Waals surface area contributed by atoms with Crippen LogP contribution in [0.4, 0.5) is 14.5 Å². The summed E-state index contributed by atoms with van der Waals surface area (Å²) in [4.78, 5) is 0. The highest BCUT2D eigenvalue weighted by Gasteiger charge is 2.13. The van der Waals surface area contributed by atoms with Gasteiger partial charge in [0.05, 0.1) is 10.2 Å². The quantitative estimate of drug-likeness (QED) is 0.530. The van der Waals surface area contributed by atoms with Gasteiger partial charge in [-0.05, 0) is 84.5 Å². The number of anilines is 1. The molecule has 0 radical (unpaired) electrons. The Morgan fingerprint density at radius 2 is 1.60 bits per heavy atom. The van der Waals surface area contributed by atoms with Gasteiger partial charge in [-0.25, -0.2) is 8.78 Å². The van der Waals surface area contributed by atoms with E-state index in [1.807, 2.05) is 19.1 Å². The van der Waals surface area contributed by atoms with Gasteiger partial charge in [-0.1, -0.05) is 0 Å². The van der Waals surface area contributed by atoms with Gasteiger partial charge >= 0.3 is 0 Å². The van der Waals surface area contributed by atoms with Gasteiger partial charge in [-0.2, -0.15) is 0 Å². The molecule has 0 aliphatic carbocycles. The molecular weight excluding hydrogens is 460 g/mol. The topological polar surface area (TPSA) is 12.0 Å². The van der Waals surface area contributed by atoms with E-state index in [1.54, 1.807) is 0 Å². The van der Waals surface area contributed by atoms with E-state index in [-0.39, 0.29) is 16.6 Å². The molecule has 1 N–H and O–H groups in total. The fourth-order valence-corrected chi connectivity index (χ4v) is 3.84. The molecule has 0 atom stereocenters. The Labute approximate surface area is 141 Å². The molecule has 0 bridgehead atoms. The van der Waals surface area contributed by atoms with Crippen molar-refractivity contribution in [2.24, 2.45) is 0 Å². The Morgan fingerprint density at radius 1 is 1.00 bits per heavy atom. The number of aryl methyl sites for hydroxylation is 1. The van der Waals surface area contributed by atoms with E-state index in [4.69, 9.17) is 0 Å². The third-order valence-corrected chi connectivity index (χ3v) is 4.63. The number of halogens is 5. The maximum Gasteiger partial charge on any atom is 0.145 e. The molecule has 0 aliphatic heterocycles. The number of rotatable bonds is 3. The second kappa shape index (κ2) is 6.54. The molecule has 0 saturated carbocycles. The molecule has 0 spiro atoms. The normalized spacial score (nSPS) is 10.7. The number of hydrogen-bond donors (Lipinski definition) is 1. The van der Waals surface area contributed by atoms with Gasteiger partial charge in [-0.3, -0.25) is 0 Å². The van der Waals surface area contributed by atoms with Gasteiger partial charge in [0.2, 0.25) is 0 Å². The first-order valence-corrected chi connectivity index (χ1v) is 8.10. The van der Waals surface area contributed by atoms with Crippen LogP contribution >= 0.6 is 47.8 Å². The van der Waals surface area contributed by atoms with E-state index < -0.39 is 11.6 Å². The average Bonchev–Trinajstić information content (AvgIpc) is 2.36. The molecule has 1 nitrogen and oxygen atoms in total. The molecule has 6 heteroatoms. The van der Waals surface area contributed by atoms with Gasteiger partial charge in [0.25, 0.3) is 0 Å². The van der Waals surface area contributed by atoms with Crippen molar-refractivity contribution in [3.05, 3.63) is 60.4 Å². The fourth-order valence-electron chi connectivity index (χ4n) is 1.78. The third kappa shape index (κ3) is 3.40. The van der Waals surface area contributed by atoms with Crippen LogP contribution < -0.4 is 5.32 Å². The summed E-state index contributed by atoms with van der Waals surface area (Å²) in [6, 6.07) is 6.46. The Hall–Kier alpha value is -0.460.